The maximum absolute atomic E-state index is 11.6. The van der Waals surface area contributed by atoms with Crippen LogP contribution in [-0.2, 0) is 6.42 Å². The molecule has 110 valence electrons. The first-order valence-electron chi connectivity index (χ1n) is 8.18. The standard InChI is InChI=1S/C18H27NO/c1-12(2)15-8-6-13(3)11-18(15,20)16-9-7-14-5-4-10-19-17(14)16/h4-5,10,12-13,15-16,20H,6-9,11H2,1-3H3. The molecular formula is C18H27NO. The summed E-state index contributed by atoms with van der Waals surface area (Å²) >= 11 is 0. The first-order valence-corrected chi connectivity index (χ1v) is 8.18. The van der Waals surface area contributed by atoms with Crippen molar-refractivity contribution in [1.82, 2.24) is 4.98 Å². The number of rotatable bonds is 2. The maximum Gasteiger partial charge on any atom is 0.0764 e. The van der Waals surface area contributed by atoms with Crippen LogP contribution in [0.1, 0.15) is 63.6 Å². The van der Waals surface area contributed by atoms with E-state index in [2.05, 4.69) is 31.8 Å². The Kier molecular flexibility index (Phi) is 3.62. The van der Waals surface area contributed by atoms with Crippen molar-refractivity contribution in [3.05, 3.63) is 29.6 Å². The molecule has 3 rings (SSSR count). The Hall–Kier alpha value is -0.890. The Balaban J connectivity index is 1.97. The van der Waals surface area contributed by atoms with E-state index < -0.39 is 5.60 Å². The fourth-order valence-electron chi connectivity index (χ4n) is 4.74. The Morgan fingerprint density at radius 1 is 1.30 bits per heavy atom. The molecule has 0 amide bonds. The number of nitrogens with zero attached hydrogens (tertiary/aromatic N) is 1. The van der Waals surface area contributed by atoms with Gasteiger partial charge in [-0.15, -0.1) is 0 Å². The zero-order chi connectivity index (χ0) is 14.3. The quantitative estimate of drug-likeness (QED) is 0.885. The molecule has 0 aliphatic heterocycles. The largest absolute Gasteiger partial charge is 0.389 e. The maximum atomic E-state index is 11.6. The summed E-state index contributed by atoms with van der Waals surface area (Å²) in [7, 11) is 0. The van der Waals surface area contributed by atoms with Gasteiger partial charge in [-0.25, -0.2) is 0 Å². The highest BCUT2D eigenvalue weighted by atomic mass is 16.3. The van der Waals surface area contributed by atoms with Gasteiger partial charge in [-0.2, -0.15) is 0 Å². The predicted octanol–water partition coefficient (Wildman–Crippen LogP) is 3.93. The Morgan fingerprint density at radius 3 is 2.85 bits per heavy atom. The van der Waals surface area contributed by atoms with E-state index in [0.29, 0.717) is 17.8 Å². The molecule has 4 unspecified atom stereocenters. The van der Waals surface area contributed by atoms with Crippen molar-refractivity contribution in [1.29, 1.82) is 0 Å². The van der Waals surface area contributed by atoms with Crippen molar-refractivity contribution in [2.24, 2.45) is 17.8 Å². The molecule has 2 nitrogen and oxygen atoms in total. The molecule has 0 aromatic carbocycles. The minimum absolute atomic E-state index is 0.244. The van der Waals surface area contributed by atoms with E-state index in [-0.39, 0.29) is 5.92 Å². The van der Waals surface area contributed by atoms with Crippen molar-refractivity contribution in [2.45, 2.75) is 64.4 Å². The molecule has 0 bridgehead atoms. The summed E-state index contributed by atoms with van der Waals surface area (Å²) < 4.78 is 0. The van der Waals surface area contributed by atoms with Crippen LogP contribution in [0.2, 0.25) is 0 Å². The van der Waals surface area contributed by atoms with E-state index in [1.165, 1.54) is 17.7 Å². The van der Waals surface area contributed by atoms with Gasteiger partial charge in [-0.1, -0.05) is 33.3 Å². The van der Waals surface area contributed by atoms with Gasteiger partial charge >= 0.3 is 0 Å². The van der Waals surface area contributed by atoms with Crippen LogP contribution in [0.5, 0.6) is 0 Å². The van der Waals surface area contributed by atoms with Crippen LogP contribution in [0.4, 0.5) is 0 Å². The van der Waals surface area contributed by atoms with Gasteiger partial charge in [0.25, 0.3) is 0 Å². The molecule has 1 aromatic heterocycles. The minimum atomic E-state index is -0.550. The van der Waals surface area contributed by atoms with Gasteiger partial charge in [-0.05, 0) is 55.1 Å². The smallest absolute Gasteiger partial charge is 0.0764 e. The number of aromatic nitrogens is 1. The van der Waals surface area contributed by atoms with Crippen LogP contribution in [0, 0.1) is 17.8 Å². The summed E-state index contributed by atoms with van der Waals surface area (Å²) in [5, 5.41) is 11.6. The lowest BCUT2D eigenvalue weighted by molar-refractivity contribution is -0.100. The van der Waals surface area contributed by atoms with Crippen molar-refractivity contribution in [3.8, 4) is 0 Å². The van der Waals surface area contributed by atoms with Crippen LogP contribution in [0.3, 0.4) is 0 Å². The lowest BCUT2D eigenvalue weighted by atomic mass is 9.61. The summed E-state index contributed by atoms with van der Waals surface area (Å²) in [6.45, 7) is 6.82. The molecule has 20 heavy (non-hydrogen) atoms. The van der Waals surface area contributed by atoms with Crippen LogP contribution < -0.4 is 0 Å². The summed E-state index contributed by atoms with van der Waals surface area (Å²) in [5.74, 6) is 1.83. The van der Waals surface area contributed by atoms with E-state index in [1.54, 1.807) is 0 Å². The average Bonchev–Trinajstić information content (AvgIpc) is 2.82. The monoisotopic (exact) mass is 273 g/mol. The summed E-state index contributed by atoms with van der Waals surface area (Å²) in [4.78, 5) is 4.62. The van der Waals surface area contributed by atoms with Crippen LogP contribution in [0.25, 0.3) is 0 Å². The molecule has 1 aromatic rings. The third kappa shape index (κ3) is 2.18. The van der Waals surface area contributed by atoms with Crippen LogP contribution >= 0.6 is 0 Å². The lowest BCUT2D eigenvalue weighted by Crippen LogP contribution is -2.49. The predicted molar refractivity (Wildman–Crippen MR) is 81.6 cm³/mol. The van der Waals surface area contributed by atoms with Gasteiger partial charge in [0.05, 0.1) is 5.60 Å². The molecule has 0 radical (unpaired) electrons. The van der Waals surface area contributed by atoms with Crippen molar-refractivity contribution in [3.63, 3.8) is 0 Å². The second-order valence-electron chi connectivity index (χ2n) is 7.37. The zero-order valence-corrected chi connectivity index (χ0v) is 13.0. The molecule has 2 heteroatoms. The van der Waals surface area contributed by atoms with Crippen LogP contribution in [-0.4, -0.2) is 15.7 Å². The molecule has 2 aliphatic rings. The van der Waals surface area contributed by atoms with Gasteiger partial charge < -0.3 is 5.11 Å². The Morgan fingerprint density at radius 2 is 2.10 bits per heavy atom. The summed E-state index contributed by atoms with van der Waals surface area (Å²) in [5.41, 5.74) is 1.98. The summed E-state index contributed by atoms with van der Waals surface area (Å²) in [6, 6.07) is 4.21. The van der Waals surface area contributed by atoms with Crippen molar-refractivity contribution >= 4 is 0 Å². The topological polar surface area (TPSA) is 33.1 Å². The first kappa shape index (κ1) is 14.1. The molecule has 1 heterocycles. The van der Waals surface area contributed by atoms with E-state index in [1.807, 2.05) is 12.3 Å². The van der Waals surface area contributed by atoms with Gasteiger partial charge in [0.1, 0.15) is 0 Å². The van der Waals surface area contributed by atoms with Gasteiger partial charge in [-0.3, -0.25) is 4.98 Å². The molecule has 1 saturated carbocycles. The van der Waals surface area contributed by atoms with Gasteiger partial charge in [0.15, 0.2) is 0 Å². The molecule has 1 fully saturated rings. The fraction of sp³-hybridized carbons (Fsp3) is 0.722. The molecular weight excluding hydrogens is 246 g/mol. The normalized spacial score (nSPS) is 37.1. The van der Waals surface area contributed by atoms with Crippen molar-refractivity contribution in [2.75, 3.05) is 0 Å². The third-order valence-corrected chi connectivity index (χ3v) is 5.65. The lowest BCUT2D eigenvalue weighted by Gasteiger charge is -2.48. The number of fused-ring (bicyclic) bond motifs is 1. The third-order valence-electron chi connectivity index (χ3n) is 5.65. The van der Waals surface area contributed by atoms with E-state index in [9.17, 15) is 5.11 Å². The van der Waals surface area contributed by atoms with Crippen LogP contribution in [0.15, 0.2) is 18.3 Å². The van der Waals surface area contributed by atoms with E-state index in [0.717, 1.165) is 25.7 Å². The molecule has 2 aliphatic carbocycles. The molecule has 0 spiro atoms. The Bertz CT molecular complexity index is 484. The highest BCUT2D eigenvalue weighted by Crippen LogP contribution is 2.52. The molecule has 4 atom stereocenters. The number of pyridine rings is 1. The molecule has 1 N–H and O–H groups in total. The first-order chi connectivity index (χ1) is 9.52. The number of aliphatic hydroxyl groups is 1. The second-order valence-corrected chi connectivity index (χ2v) is 7.37. The SMILES string of the molecule is CC1CCC(C(C)C)C(O)(C2CCc3cccnc32)C1. The second kappa shape index (κ2) is 5.14. The highest BCUT2D eigenvalue weighted by Gasteiger charge is 2.50. The van der Waals surface area contributed by atoms with Crippen molar-refractivity contribution < 1.29 is 5.11 Å². The fourth-order valence-corrected chi connectivity index (χ4v) is 4.74. The van der Waals surface area contributed by atoms with E-state index in [4.69, 9.17) is 0 Å². The van der Waals surface area contributed by atoms with Gasteiger partial charge in [0.2, 0.25) is 0 Å². The summed E-state index contributed by atoms with van der Waals surface area (Å²) in [6.07, 6.45) is 7.39. The minimum Gasteiger partial charge on any atom is -0.389 e. The molecule has 0 saturated heterocycles. The Labute approximate surface area is 122 Å². The number of aryl methyl sites for hydroxylation is 1. The number of hydrogen-bond acceptors (Lipinski definition) is 2. The van der Waals surface area contributed by atoms with Gasteiger partial charge in [0, 0.05) is 17.8 Å². The average molecular weight is 273 g/mol. The van der Waals surface area contributed by atoms with E-state index >= 15 is 0 Å². The number of hydrogen-bond donors (Lipinski definition) is 1. The zero-order valence-electron chi connectivity index (χ0n) is 13.0. The highest BCUT2D eigenvalue weighted by molar-refractivity contribution is 5.32.